The molecule has 2 aromatic carbocycles. The number of methoxy groups -OCH3 is 1. The quantitative estimate of drug-likeness (QED) is 0.280. The summed E-state index contributed by atoms with van der Waals surface area (Å²) in [5, 5.41) is 44.3. The van der Waals surface area contributed by atoms with Crippen LogP contribution in [0.4, 0.5) is 11.4 Å². The lowest BCUT2D eigenvalue weighted by atomic mass is 9.51. The molecule has 14 nitrogen and oxygen atoms in total. The minimum Gasteiger partial charge on any atom is -0.394 e. The van der Waals surface area contributed by atoms with Gasteiger partial charge in [-0.25, -0.2) is 0 Å². The zero-order valence-electron chi connectivity index (χ0n) is 28.1. The van der Waals surface area contributed by atoms with Crippen LogP contribution < -0.4 is 10.6 Å². The Balaban J connectivity index is 1.43. The van der Waals surface area contributed by atoms with E-state index in [1.807, 2.05) is 26.0 Å². The molecule has 1 spiro atoms. The lowest BCUT2D eigenvalue weighted by Gasteiger charge is -2.56. The summed E-state index contributed by atoms with van der Waals surface area (Å²) in [6, 6.07) is 13.0. The third-order valence-electron chi connectivity index (χ3n) is 12.6. The number of likely N-dealkylation sites (N-methyl/N-ethyl adjacent to an activating group) is 2. The molecule has 8 aliphatic rings. The van der Waals surface area contributed by atoms with E-state index in [0.29, 0.717) is 22.5 Å². The molecule has 0 aromatic heterocycles. The summed E-state index contributed by atoms with van der Waals surface area (Å²) >= 11 is 0. The lowest BCUT2D eigenvalue weighted by molar-refractivity contribution is -0.218. The Labute approximate surface area is 308 Å². The van der Waals surface area contributed by atoms with Crippen molar-refractivity contribution in [3.8, 4) is 0 Å². The largest absolute Gasteiger partial charge is 0.394 e. The molecule has 10 atom stereocenters. The summed E-state index contributed by atoms with van der Waals surface area (Å²) in [6.07, 6.45) is -6.05. The van der Waals surface area contributed by atoms with Gasteiger partial charge >= 0.3 is 0 Å². The van der Waals surface area contributed by atoms with Crippen LogP contribution in [0.15, 0.2) is 48.5 Å². The van der Waals surface area contributed by atoms with Gasteiger partial charge in [0.1, 0.15) is 30.6 Å². The Kier molecular flexibility index (Phi) is 7.09. The van der Waals surface area contributed by atoms with Crippen molar-refractivity contribution in [3.63, 3.8) is 0 Å². The van der Waals surface area contributed by atoms with E-state index in [1.54, 1.807) is 43.4 Å². The summed E-state index contributed by atoms with van der Waals surface area (Å²) in [5.41, 5.74) is -3.94. The fourth-order valence-electron chi connectivity index (χ4n) is 10.5. The molecule has 8 heterocycles. The summed E-state index contributed by atoms with van der Waals surface area (Å²) in [4.78, 5) is 61.8. The highest BCUT2D eigenvalue weighted by molar-refractivity contribution is 9.26. The number of ether oxygens (including phenoxy) is 1. The number of nitrogens with zero attached hydrogens (tertiary/aromatic N) is 4. The van der Waals surface area contributed by atoms with Gasteiger partial charge in [-0.15, -0.1) is 0 Å². The van der Waals surface area contributed by atoms with Crippen molar-refractivity contribution in [1.82, 2.24) is 19.6 Å². The van der Waals surface area contributed by atoms with Crippen molar-refractivity contribution in [2.24, 2.45) is 5.92 Å². The second-order valence-electron chi connectivity index (χ2n) is 14.3. The number of hydrogen-bond donors (Lipinski definition) is 5. The zero-order valence-corrected chi connectivity index (χ0v) is 31.4. The monoisotopic (exact) mass is 772 g/mol. The molecule has 4 amide bonds. The number of nitrogens with one attached hydrogen (secondary N) is 2. The van der Waals surface area contributed by atoms with Gasteiger partial charge in [-0.3, -0.25) is 29.0 Å². The van der Waals surface area contributed by atoms with Gasteiger partial charge in [-0.05, 0) is 70.4 Å². The normalized spacial score (nSPS) is 41.9. The average molecular weight is 773 g/mol. The number of carbonyl (C=O) groups excluding carboxylic acids is 4. The van der Waals surface area contributed by atoms with E-state index in [0.717, 1.165) is 15.7 Å². The Morgan fingerprint density at radius 2 is 1.35 bits per heavy atom. The average Bonchev–Trinajstić information content (AvgIpc) is 3.76. The predicted octanol–water partition coefficient (Wildman–Crippen LogP) is 1.16. The van der Waals surface area contributed by atoms with Gasteiger partial charge in [-0.2, -0.15) is 0 Å². The maximum absolute atomic E-state index is 15.4. The van der Waals surface area contributed by atoms with Crippen molar-refractivity contribution >= 4 is 76.2 Å². The summed E-state index contributed by atoms with van der Waals surface area (Å²) < 4.78 is 6.06. The molecule has 5 N–H and O–H groups in total. The van der Waals surface area contributed by atoms with Crippen molar-refractivity contribution < 1.29 is 39.2 Å². The molecule has 0 saturated carbocycles. The van der Waals surface area contributed by atoms with E-state index in [9.17, 15) is 24.9 Å². The first kappa shape index (κ1) is 34.0. The van der Waals surface area contributed by atoms with Crippen LogP contribution >= 0.6 is 41.2 Å². The number of rotatable bonds is 4. The van der Waals surface area contributed by atoms with Crippen molar-refractivity contribution in [2.45, 2.75) is 70.7 Å². The van der Waals surface area contributed by atoms with Gasteiger partial charge in [0.2, 0.25) is 4.87 Å². The molecular weight excluding hydrogens is 737 g/mol. The fraction of sp³-hybridized carbons (Fsp3) is 0.515. The van der Waals surface area contributed by atoms with Crippen LogP contribution in [-0.2, 0) is 34.7 Å². The van der Waals surface area contributed by atoms with Crippen molar-refractivity contribution in [1.29, 1.82) is 0 Å². The standard InChI is InChI=1S/C33H36N6O8S4/c1-15(2)32-28(46)39-25-30(17-11-7-9-13-19(17)35-25,23(43)33(39,27(45)37(32)4)49-51-50-48-32)29-16-10-6-8-12-18(16)34-24(29)38-21(41)20(14-40)36(3)26(44)31(38,47-5)22(29)42/h6-13,15,20,22-25,34-35,40,42-43H,14H2,1-5H3/t20-,22+,23+,24-,25+,29-,30+,31-,32-,33-/m0/s1. The first-order chi connectivity index (χ1) is 24.3. The van der Waals surface area contributed by atoms with E-state index in [4.69, 9.17) is 4.74 Å². The number of carbonyl (C=O) groups is 4. The first-order valence-corrected chi connectivity index (χ1v) is 21.3. The maximum Gasteiger partial charge on any atom is 0.279 e. The van der Waals surface area contributed by atoms with Crippen molar-refractivity contribution in [3.05, 3.63) is 59.7 Å². The van der Waals surface area contributed by atoms with E-state index >= 15 is 9.59 Å². The zero-order chi connectivity index (χ0) is 36.2. The minimum atomic E-state index is -2.33. The number of para-hydroxylation sites is 2. The Morgan fingerprint density at radius 3 is 1.92 bits per heavy atom. The SMILES string of the molecule is CO[C@@]12C(=O)N(C)[C@@H](CO)C(=O)N1[C@@H]1Nc3ccccc3[C@]1([C@@]13c4ccccc4N[C@@H]1N1C(=O)[C@]4(C(C)C)SSSS[C@]1(C(=O)N4C)[C@@H]3O)[C@H]2O. The van der Waals surface area contributed by atoms with E-state index in [-0.39, 0.29) is 11.8 Å². The molecule has 6 fully saturated rings. The van der Waals surface area contributed by atoms with E-state index in [1.165, 1.54) is 59.3 Å². The second kappa shape index (κ2) is 10.6. The molecule has 18 heteroatoms. The number of anilines is 2. The first-order valence-electron chi connectivity index (χ1n) is 16.5. The molecular formula is C33H36N6O8S4. The Hall–Kier alpha value is -2.84. The second-order valence-corrected chi connectivity index (χ2v) is 20.5. The molecule has 270 valence electrons. The number of benzene rings is 2. The van der Waals surface area contributed by atoms with E-state index in [2.05, 4.69) is 10.6 Å². The number of aliphatic hydroxyl groups is 3. The van der Waals surface area contributed by atoms with Crippen LogP contribution in [0.1, 0.15) is 25.0 Å². The van der Waals surface area contributed by atoms with Crippen LogP contribution in [0, 0.1) is 5.92 Å². The van der Waals surface area contributed by atoms with Crippen LogP contribution in [0.5, 0.6) is 0 Å². The van der Waals surface area contributed by atoms with Crippen LogP contribution in [0.2, 0.25) is 0 Å². The van der Waals surface area contributed by atoms with Crippen LogP contribution in [0.25, 0.3) is 0 Å². The molecule has 2 aromatic rings. The summed E-state index contributed by atoms with van der Waals surface area (Å²) in [6.45, 7) is 3.08. The molecule has 6 saturated heterocycles. The Bertz CT molecular complexity index is 1940. The molecule has 0 unspecified atom stereocenters. The van der Waals surface area contributed by atoms with Crippen LogP contribution in [0.3, 0.4) is 0 Å². The van der Waals surface area contributed by atoms with Gasteiger partial charge in [0, 0.05) is 32.6 Å². The van der Waals surface area contributed by atoms with Gasteiger partial charge < -0.3 is 40.5 Å². The Morgan fingerprint density at radius 1 is 0.804 bits per heavy atom. The van der Waals surface area contributed by atoms with Gasteiger partial charge in [0.05, 0.1) is 17.4 Å². The molecule has 10 rings (SSSR count). The van der Waals surface area contributed by atoms with Crippen LogP contribution in [-0.4, -0.2) is 132 Å². The highest BCUT2D eigenvalue weighted by atomic mass is 33.7. The third-order valence-corrected chi connectivity index (χ3v) is 20.1. The fourth-order valence-corrected chi connectivity index (χ4v) is 18.6. The molecule has 8 aliphatic heterocycles. The van der Waals surface area contributed by atoms with E-state index < -0.39 is 81.2 Å². The molecule has 51 heavy (non-hydrogen) atoms. The topological polar surface area (TPSA) is 175 Å². The highest BCUT2D eigenvalue weighted by Crippen LogP contribution is 2.76. The lowest BCUT2D eigenvalue weighted by Crippen LogP contribution is -2.76. The predicted molar refractivity (Wildman–Crippen MR) is 194 cm³/mol. The van der Waals surface area contributed by atoms with Crippen molar-refractivity contribution in [2.75, 3.05) is 38.4 Å². The number of piperazine rings is 2. The maximum atomic E-state index is 15.4. The number of fused-ring (bicyclic) bond motifs is 13. The number of amides is 4. The van der Waals surface area contributed by atoms with Gasteiger partial charge in [-0.1, -0.05) is 50.2 Å². The summed E-state index contributed by atoms with van der Waals surface area (Å²) in [5.74, 6) is -2.66. The minimum absolute atomic E-state index is 0.349. The highest BCUT2D eigenvalue weighted by Gasteiger charge is 2.91. The summed E-state index contributed by atoms with van der Waals surface area (Å²) in [7, 11) is 9.25. The molecule has 0 aliphatic carbocycles. The number of hydrogen-bond acceptors (Lipinski definition) is 14. The number of aliphatic hydroxyl groups excluding tert-OH is 3. The molecule has 2 bridgehead atoms. The molecule has 0 radical (unpaired) electrons. The smallest absolute Gasteiger partial charge is 0.279 e. The van der Waals surface area contributed by atoms with Gasteiger partial charge in [0.25, 0.3) is 29.4 Å². The third kappa shape index (κ3) is 3.25. The van der Waals surface area contributed by atoms with Gasteiger partial charge in [0.15, 0.2) is 4.87 Å².